The quantitative estimate of drug-likeness (QED) is 0.664. The third-order valence-corrected chi connectivity index (χ3v) is 3.94. The van der Waals surface area contributed by atoms with Gasteiger partial charge in [-0.15, -0.1) is 0 Å². The van der Waals surface area contributed by atoms with Crippen LogP contribution in [-0.2, 0) is 0 Å². The zero-order chi connectivity index (χ0) is 8.65. The Kier molecular flexibility index (Phi) is 5.88. The molecule has 1 aliphatic rings. The van der Waals surface area contributed by atoms with E-state index in [1.54, 1.807) is 0 Å². The SMILES string of the molecule is CNCCCSC1CCCCC1. The lowest BCUT2D eigenvalue weighted by Gasteiger charge is -2.20. The zero-order valence-electron chi connectivity index (χ0n) is 8.14. The molecule has 0 unspecified atom stereocenters. The number of thioether (sulfide) groups is 1. The predicted molar refractivity (Wildman–Crippen MR) is 57.9 cm³/mol. The molecule has 0 aromatic heterocycles. The fourth-order valence-corrected chi connectivity index (χ4v) is 3.04. The molecule has 0 spiro atoms. The molecule has 0 aromatic carbocycles. The van der Waals surface area contributed by atoms with Crippen molar-refractivity contribution in [3.05, 3.63) is 0 Å². The van der Waals surface area contributed by atoms with E-state index in [4.69, 9.17) is 0 Å². The molecule has 12 heavy (non-hydrogen) atoms. The Hall–Kier alpha value is 0.310. The summed E-state index contributed by atoms with van der Waals surface area (Å²) in [5, 5.41) is 4.19. The molecule has 0 aliphatic heterocycles. The van der Waals surface area contributed by atoms with Gasteiger partial charge in [0.25, 0.3) is 0 Å². The van der Waals surface area contributed by atoms with E-state index >= 15 is 0 Å². The monoisotopic (exact) mass is 187 g/mol. The molecule has 1 N–H and O–H groups in total. The van der Waals surface area contributed by atoms with Crippen molar-refractivity contribution in [3.8, 4) is 0 Å². The molecule has 0 aromatic rings. The second-order valence-electron chi connectivity index (χ2n) is 3.59. The van der Waals surface area contributed by atoms with Crippen molar-refractivity contribution in [2.24, 2.45) is 0 Å². The second-order valence-corrected chi connectivity index (χ2v) is 5.00. The normalized spacial score (nSPS) is 19.8. The minimum absolute atomic E-state index is 0.996. The van der Waals surface area contributed by atoms with E-state index in [-0.39, 0.29) is 0 Å². The van der Waals surface area contributed by atoms with E-state index in [9.17, 15) is 0 Å². The lowest BCUT2D eigenvalue weighted by molar-refractivity contribution is 0.516. The first-order valence-corrected chi connectivity index (χ1v) is 6.24. The molecule has 0 heterocycles. The van der Waals surface area contributed by atoms with Crippen LogP contribution in [0.1, 0.15) is 38.5 Å². The van der Waals surface area contributed by atoms with Gasteiger partial charge in [-0.2, -0.15) is 11.8 Å². The molecule has 1 saturated carbocycles. The van der Waals surface area contributed by atoms with Gasteiger partial charge in [0.1, 0.15) is 0 Å². The van der Waals surface area contributed by atoms with Crippen molar-refractivity contribution >= 4 is 11.8 Å². The van der Waals surface area contributed by atoms with Gasteiger partial charge in [-0.3, -0.25) is 0 Å². The van der Waals surface area contributed by atoms with E-state index in [1.165, 1.54) is 50.8 Å². The van der Waals surface area contributed by atoms with Gasteiger partial charge in [-0.05, 0) is 38.6 Å². The smallest absolute Gasteiger partial charge is 0.00470 e. The summed E-state index contributed by atoms with van der Waals surface area (Å²) in [6, 6.07) is 0. The van der Waals surface area contributed by atoms with Crippen LogP contribution in [-0.4, -0.2) is 24.6 Å². The van der Waals surface area contributed by atoms with Crippen LogP contribution in [0.15, 0.2) is 0 Å². The summed E-state index contributed by atoms with van der Waals surface area (Å²) in [5.74, 6) is 1.35. The summed E-state index contributed by atoms with van der Waals surface area (Å²) < 4.78 is 0. The van der Waals surface area contributed by atoms with Crippen molar-refractivity contribution in [1.29, 1.82) is 0 Å². The van der Waals surface area contributed by atoms with Gasteiger partial charge in [-0.25, -0.2) is 0 Å². The maximum Gasteiger partial charge on any atom is 0.00470 e. The third kappa shape index (κ3) is 4.36. The molecule has 1 fully saturated rings. The Morgan fingerprint density at radius 1 is 1.25 bits per heavy atom. The average molecular weight is 187 g/mol. The molecular weight excluding hydrogens is 166 g/mol. The van der Waals surface area contributed by atoms with E-state index in [0.29, 0.717) is 0 Å². The van der Waals surface area contributed by atoms with Crippen LogP contribution in [0.5, 0.6) is 0 Å². The van der Waals surface area contributed by atoms with Crippen molar-refractivity contribution in [2.45, 2.75) is 43.8 Å². The van der Waals surface area contributed by atoms with Gasteiger partial charge in [0.15, 0.2) is 0 Å². The summed E-state index contributed by atoms with van der Waals surface area (Å²) in [6.45, 7) is 1.18. The van der Waals surface area contributed by atoms with Crippen molar-refractivity contribution < 1.29 is 0 Å². The third-order valence-electron chi connectivity index (χ3n) is 2.48. The number of hydrogen-bond donors (Lipinski definition) is 1. The molecular formula is C10H21NS. The molecule has 0 radical (unpaired) electrons. The van der Waals surface area contributed by atoms with Gasteiger partial charge >= 0.3 is 0 Å². The Bertz CT molecular complexity index is 100. The maximum absolute atomic E-state index is 3.19. The van der Waals surface area contributed by atoms with Gasteiger partial charge in [0.2, 0.25) is 0 Å². The van der Waals surface area contributed by atoms with E-state index in [0.717, 1.165) is 5.25 Å². The fourth-order valence-electron chi connectivity index (χ4n) is 1.73. The topological polar surface area (TPSA) is 12.0 Å². The molecule has 1 aliphatic carbocycles. The summed E-state index contributed by atoms with van der Waals surface area (Å²) in [4.78, 5) is 0. The van der Waals surface area contributed by atoms with Gasteiger partial charge in [0.05, 0.1) is 0 Å². The molecule has 1 nitrogen and oxygen atoms in total. The van der Waals surface area contributed by atoms with Crippen molar-refractivity contribution in [3.63, 3.8) is 0 Å². The first kappa shape index (κ1) is 10.4. The van der Waals surface area contributed by atoms with Crippen LogP contribution in [0.4, 0.5) is 0 Å². The Labute approximate surface area is 80.7 Å². The predicted octanol–water partition coefficient (Wildman–Crippen LogP) is 2.66. The Balaban J connectivity index is 1.91. The Morgan fingerprint density at radius 3 is 2.67 bits per heavy atom. The second kappa shape index (κ2) is 6.79. The standard InChI is InChI=1S/C10H21NS/c1-11-8-5-9-12-10-6-3-2-4-7-10/h10-11H,2-9H2,1H3. The van der Waals surface area contributed by atoms with Gasteiger partial charge in [0, 0.05) is 5.25 Å². The van der Waals surface area contributed by atoms with Crippen LogP contribution in [0.3, 0.4) is 0 Å². The molecule has 0 bridgehead atoms. The minimum atomic E-state index is 0.996. The summed E-state index contributed by atoms with van der Waals surface area (Å²) in [7, 11) is 2.03. The molecule has 1 rings (SSSR count). The first-order valence-electron chi connectivity index (χ1n) is 5.19. The molecule has 0 amide bonds. The lowest BCUT2D eigenvalue weighted by Crippen LogP contribution is -2.12. The van der Waals surface area contributed by atoms with Crippen molar-refractivity contribution in [1.82, 2.24) is 5.32 Å². The summed E-state index contributed by atoms with van der Waals surface area (Å²) >= 11 is 2.20. The largest absolute Gasteiger partial charge is 0.320 e. The zero-order valence-corrected chi connectivity index (χ0v) is 8.96. The van der Waals surface area contributed by atoms with Crippen molar-refractivity contribution in [2.75, 3.05) is 19.3 Å². The van der Waals surface area contributed by atoms with E-state index in [2.05, 4.69) is 17.1 Å². The molecule has 0 atom stereocenters. The highest BCUT2D eigenvalue weighted by atomic mass is 32.2. The number of rotatable bonds is 5. The lowest BCUT2D eigenvalue weighted by atomic mass is 10.0. The summed E-state index contributed by atoms with van der Waals surface area (Å²) in [5.41, 5.74) is 0. The summed E-state index contributed by atoms with van der Waals surface area (Å²) in [6.07, 6.45) is 8.72. The van der Waals surface area contributed by atoms with Crippen LogP contribution in [0.2, 0.25) is 0 Å². The van der Waals surface area contributed by atoms with Gasteiger partial charge < -0.3 is 5.32 Å². The van der Waals surface area contributed by atoms with Crippen LogP contribution in [0.25, 0.3) is 0 Å². The van der Waals surface area contributed by atoms with Crippen LogP contribution in [0, 0.1) is 0 Å². The number of hydrogen-bond acceptors (Lipinski definition) is 2. The molecule has 72 valence electrons. The van der Waals surface area contributed by atoms with E-state index < -0.39 is 0 Å². The van der Waals surface area contributed by atoms with Gasteiger partial charge in [-0.1, -0.05) is 19.3 Å². The maximum atomic E-state index is 3.19. The minimum Gasteiger partial charge on any atom is -0.320 e. The van der Waals surface area contributed by atoms with Crippen LogP contribution >= 0.6 is 11.8 Å². The highest BCUT2D eigenvalue weighted by Gasteiger charge is 2.12. The highest BCUT2D eigenvalue weighted by Crippen LogP contribution is 2.28. The number of nitrogens with one attached hydrogen (secondary N) is 1. The average Bonchev–Trinajstić information content (AvgIpc) is 2.14. The molecule has 0 saturated heterocycles. The van der Waals surface area contributed by atoms with E-state index in [1.807, 2.05) is 7.05 Å². The highest BCUT2D eigenvalue weighted by molar-refractivity contribution is 7.99. The van der Waals surface area contributed by atoms with Crippen LogP contribution < -0.4 is 5.32 Å². The Morgan fingerprint density at radius 2 is 2.00 bits per heavy atom. The molecule has 2 heteroatoms. The fraction of sp³-hybridized carbons (Fsp3) is 1.00. The first-order chi connectivity index (χ1) is 5.93.